The van der Waals surface area contributed by atoms with Crippen molar-refractivity contribution < 1.29 is 4.79 Å². The lowest BCUT2D eigenvalue weighted by atomic mass is 10.1. The Hall–Kier alpha value is -3.34. The molecule has 5 nitrogen and oxygen atoms in total. The van der Waals surface area contributed by atoms with Crippen LogP contribution in [0.2, 0.25) is 0 Å². The summed E-state index contributed by atoms with van der Waals surface area (Å²) in [4.78, 5) is 12.5. The molecule has 1 unspecified atom stereocenters. The number of nitrogens with zero attached hydrogens (tertiary/aromatic N) is 3. The van der Waals surface area contributed by atoms with Gasteiger partial charge < -0.3 is 9.88 Å². The average molecular weight is 330 g/mol. The normalized spacial score (nSPS) is 12.2. The maximum atomic E-state index is 12.5. The van der Waals surface area contributed by atoms with E-state index in [2.05, 4.69) is 10.4 Å². The molecule has 0 aliphatic rings. The van der Waals surface area contributed by atoms with Crippen molar-refractivity contribution >= 4 is 11.4 Å². The Labute approximate surface area is 145 Å². The van der Waals surface area contributed by atoms with Gasteiger partial charge in [0.1, 0.15) is 0 Å². The third kappa shape index (κ3) is 3.04. The molecule has 0 bridgehead atoms. The molecule has 1 amide bonds. The second-order valence-corrected chi connectivity index (χ2v) is 5.98. The van der Waals surface area contributed by atoms with E-state index in [0.717, 1.165) is 16.8 Å². The second kappa shape index (κ2) is 6.28. The number of carbonyl (C=O) groups excluding carboxylic acids is 1. The summed E-state index contributed by atoms with van der Waals surface area (Å²) in [5.74, 6) is -0.175. The first-order valence-electron chi connectivity index (χ1n) is 8.19. The summed E-state index contributed by atoms with van der Waals surface area (Å²) in [6.45, 7) is 1.97. The smallest absolute Gasteiger partial charge is 0.272 e. The number of pyridine rings is 1. The molecular weight excluding hydrogens is 312 g/mol. The zero-order valence-corrected chi connectivity index (χ0v) is 13.8. The lowest BCUT2D eigenvalue weighted by Crippen LogP contribution is -2.27. The van der Waals surface area contributed by atoms with Crippen LogP contribution in [0.3, 0.4) is 0 Å². The summed E-state index contributed by atoms with van der Waals surface area (Å²) in [5, 5.41) is 7.31. The molecule has 0 saturated carbocycles. The number of rotatable bonds is 4. The molecule has 4 rings (SSSR count). The van der Waals surface area contributed by atoms with Gasteiger partial charge in [0, 0.05) is 24.3 Å². The van der Waals surface area contributed by atoms with Crippen LogP contribution in [-0.4, -0.2) is 20.1 Å². The number of carbonyl (C=O) groups is 1. The van der Waals surface area contributed by atoms with Crippen molar-refractivity contribution in [3.05, 3.63) is 90.5 Å². The maximum absolute atomic E-state index is 12.5. The van der Waals surface area contributed by atoms with Gasteiger partial charge in [0.2, 0.25) is 0 Å². The largest absolute Gasteiger partial charge is 0.344 e. The first kappa shape index (κ1) is 15.2. The standard InChI is InChI=1S/C20H18N4O/c1-15(16-7-9-17(10-8-16)23-11-4-5-12-23)21-20(25)19-14-18-6-2-3-13-24(18)22-19/h2-15H,1H3,(H,21,25). The molecule has 5 heteroatoms. The van der Waals surface area contributed by atoms with Crippen LogP contribution in [-0.2, 0) is 0 Å². The number of fused-ring (bicyclic) bond motifs is 1. The fourth-order valence-electron chi connectivity index (χ4n) is 2.84. The highest BCUT2D eigenvalue weighted by atomic mass is 16.2. The first-order chi connectivity index (χ1) is 12.2. The Bertz CT molecular complexity index is 967. The molecule has 3 aromatic heterocycles. The molecule has 0 aliphatic heterocycles. The van der Waals surface area contributed by atoms with Crippen LogP contribution >= 0.6 is 0 Å². The van der Waals surface area contributed by atoms with Crippen LogP contribution < -0.4 is 5.32 Å². The zero-order chi connectivity index (χ0) is 17.2. The minimum absolute atomic E-state index is 0.101. The molecule has 0 aliphatic carbocycles. The number of hydrogen-bond acceptors (Lipinski definition) is 2. The summed E-state index contributed by atoms with van der Waals surface area (Å²) < 4.78 is 3.75. The van der Waals surface area contributed by atoms with E-state index >= 15 is 0 Å². The molecule has 4 aromatic rings. The fraction of sp³-hybridized carbons (Fsp3) is 0.100. The summed E-state index contributed by atoms with van der Waals surface area (Å²) in [7, 11) is 0. The molecule has 1 aromatic carbocycles. The fourth-order valence-corrected chi connectivity index (χ4v) is 2.84. The number of amides is 1. The van der Waals surface area contributed by atoms with Gasteiger partial charge in [-0.15, -0.1) is 0 Å². The Morgan fingerprint density at radius 3 is 2.44 bits per heavy atom. The molecule has 1 N–H and O–H groups in total. The minimum atomic E-state index is -0.175. The van der Waals surface area contributed by atoms with Crippen LogP contribution in [0.5, 0.6) is 0 Å². The van der Waals surface area contributed by atoms with E-state index in [4.69, 9.17) is 0 Å². The van der Waals surface area contributed by atoms with Crippen LogP contribution in [0, 0.1) is 0 Å². The molecule has 124 valence electrons. The van der Waals surface area contributed by atoms with E-state index in [0.29, 0.717) is 5.69 Å². The highest BCUT2D eigenvalue weighted by Crippen LogP contribution is 2.17. The number of benzene rings is 1. The molecule has 0 saturated heterocycles. The van der Waals surface area contributed by atoms with E-state index < -0.39 is 0 Å². The van der Waals surface area contributed by atoms with Crippen molar-refractivity contribution in [2.45, 2.75) is 13.0 Å². The van der Waals surface area contributed by atoms with Gasteiger partial charge in [-0.25, -0.2) is 4.52 Å². The van der Waals surface area contributed by atoms with Crippen LogP contribution in [0.25, 0.3) is 11.2 Å². The summed E-state index contributed by atoms with van der Waals surface area (Å²) in [6, 6.07) is 19.6. The van der Waals surface area contributed by atoms with Gasteiger partial charge in [0.25, 0.3) is 5.91 Å². The second-order valence-electron chi connectivity index (χ2n) is 5.98. The highest BCUT2D eigenvalue weighted by Gasteiger charge is 2.14. The van der Waals surface area contributed by atoms with Gasteiger partial charge in [-0.3, -0.25) is 4.79 Å². The molecule has 0 spiro atoms. The van der Waals surface area contributed by atoms with Crippen LogP contribution in [0.4, 0.5) is 0 Å². The number of aromatic nitrogens is 3. The van der Waals surface area contributed by atoms with E-state index in [1.165, 1.54) is 0 Å². The van der Waals surface area contributed by atoms with E-state index in [-0.39, 0.29) is 11.9 Å². The molecule has 1 atom stereocenters. The molecule has 0 radical (unpaired) electrons. The third-order valence-corrected chi connectivity index (χ3v) is 4.25. The van der Waals surface area contributed by atoms with E-state index in [1.807, 2.05) is 84.7 Å². The van der Waals surface area contributed by atoms with Crippen molar-refractivity contribution in [2.75, 3.05) is 0 Å². The van der Waals surface area contributed by atoms with Crippen molar-refractivity contribution in [2.24, 2.45) is 0 Å². The first-order valence-corrected chi connectivity index (χ1v) is 8.19. The van der Waals surface area contributed by atoms with Gasteiger partial charge >= 0.3 is 0 Å². The van der Waals surface area contributed by atoms with Gasteiger partial charge in [-0.05, 0) is 55.0 Å². The average Bonchev–Trinajstić information content (AvgIpc) is 3.31. The molecule has 25 heavy (non-hydrogen) atoms. The highest BCUT2D eigenvalue weighted by molar-refractivity contribution is 5.93. The summed E-state index contributed by atoms with van der Waals surface area (Å²) >= 11 is 0. The van der Waals surface area contributed by atoms with Gasteiger partial charge in [-0.2, -0.15) is 5.10 Å². The quantitative estimate of drug-likeness (QED) is 0.621. The predicted molar refractivity (Wildman–Crippen MR) is 96.8 cm³/mol. The van der Waals surface area contributed by atoms with E-state index in [1.54, 1.807) is 10.6 Å². The van der Waals surface area contributed by atoms with Crippen LogP contribution in [0.15, 0.2) is 79.3 Å². The van der Waals surface area contributed by atoms with Crippen molar-refractivity contribution in [3.63, 3.8) is 0 Å². The van der Waals surface area contributed by atoms with Crippen molar-refractivity contribution in [1.29, 1.82) is 0 Å². The maximum Gasteiger partial charge on any atom is 0.272 e. The van der Waals surface area contributed by atoms with E-state index in [9.17, 15) is 4.79 Å². The lowest BCUT2D eigenvalue weighted by molar-refractivity contribution is 0.0934. The lowest BCUT2D eigenvalue weighted by Gasteiger charge is -2.14. The van der Waals surface area contributed by atoms with Gasteiger partial charge in [0.15, 0.2) is 5.69 Å². The SMILES string of the molecule is CC(NC(=O)c1cc2ccccn2n1)c1ccc(-n2cccc2)cc1. The Morgan fingerprint density at radius 1 is 1.00 bits per heavy atom. The predicted octanol–water partition coefficient (Wildman–Crippen LogP) is 3.62. The Kier molecular flexibility index (Phi) is 3.82. The topological polar surface area (TPSA) is 51.3 Å². The van der Waals surface area contributed by atoms with Crippen LogP contribution in [0.1, 0.15) is 29.0 Å². The summed E-state index contributed by atoms with van der Waals surface area (Å²) in [5.41, 5.74) is 3.46. The number of nitrogens with one attached hydrogen (secondary N) is 1. The zero-order valence-electron chi connectivity index (χ0n) is 13.8. The molecule has 3 heterocycles. The monoisotopic (exact) mass is 330 g/mol. The van der Waals surface area contributed by atoms with Crippen molar-refractivity contribution in [3.8, 4) is 5.69 Å². The number of hydrogen-bond donors (Lipinski definition) is 1. The Morgan fingerprint density at radius 2 is 1.72 bits per heavy atom. The Balaban J connectivity index is 1.49. The molecular formula is C20H18N4O. The minimum Gasteiger partial charge on any atom is -0.344 e. The summed E-state index contributed by atoms with van der Waals surface area (Å²) in [6.07, 6.45) is 5.84. The van der Waals surface area contributed by atoms with Crippen molar-refractivity contribution in [1.82, 2.24) is 19.5 Å². The molecule has 0 fully saturated rings. The third-order valence-electron chi connectivity index (χ3n) is 4.25. The van der Waals surface area contributed by atoms with Gasteiger partial charge in [0.05, 0.1) is 11.6 Å². The van der Waals surface area contributed by atoms with Gasteiger partial charge in [-0.1, -0.05) is 18.2 Å².